The van der Waals surface area contributed by atoms with Crippen molar-refractivity contribution in [2.45, 2.75) is 77.6 Å². The van der Waals surface area contributed by atoms with Crippen molar-refractivity contribution >= 4 is 5.97 Å². The molecule has 0 unspecified atom stereocenters. The minimum absolute atomic E-state index is 0.403. The van der Waals surface area contributed by atoms with Crippen LogP contribution < -0.4 is 0 Å². The molecule has 2 heteroatoms. The third-order valence-electron chi connectivity index (χ3n) is 4.18. The van der Waals surface area contributed by atoms with E-state index in [4.69, 9.17) is 5.11 Å². The molecule has 1 aliphatic carbocycles. The van der Waals surface area contributed by atoms with Crippen LogP contribution >= 0.6 is 0 Å². The summed E-state index contributed by atoms with van der Waals surface area (Å²) in [6, 6.07) is 0. The van der Waals surface area contributed by atoms with Crippen LogP contribution in [0.15, 0.2) is 0 Å². The van der Waals surface area contributed by atoms with Gasteiger partial charge in [0.1, 0.15) is 0 Å². The first kappa shape index (κ1) is 14.5. The maximum Gasteiger partial charge on any atom is 0.303 e. The Balaban J connectivity index is 2.07. The van der Waals surface area contributed by atoms with Crippen LogP contribution in [0, 0.1) is 11.8 Å². The summed E-state index contributed by atoms with van der Waals surface area (Å²) >= 11 is 0. The van der Waals surface area contributed by atoms with E-state index in [1.807, 2.05) is 0 Å². The van der Waals surface area contributed by atoms with Crippen molar-refractivity contribution in [1.29, 1.82) is 0 Å². The van der Waals surface area contributed by atoms with E-state index in [0.29, 0.717) is 18.3 Å². The van der Waals surface area contributed by atoms with Crippen molar-refractivity contribution in [1.82, 2.24) is 0 Å². The van der Waals surface area contributed by atoms with Crippen LogP contribution in [-0.2, 0) is 4.79 Å². The molecule has 0 heterocycles. The van der Waals surface area contributed by atoms with Crippen LogP contribution in [0.5, 0.6) is 0 Å². The predicted molar refractivity (Wildman–Crippen MR) is 71.1 cm³/mol. The number of carboxylic acid groups (broad SMARTS) is 1. The summed E-state index contributed by atoms with van der Waals surface area (Å²) in [4.78, 5) is 10.7. The highest BCUT2D eigenvalue weighted by atomic mass is 16.4. The lowest BCUT2D eigenvalue weighted by Crippen LogP contribution is -2.12. The molecule has 2 atom stereocenters. The highest BCUT2D eigenvalue weighted by Gasteiger charge is 2.28. The quantitative estimate of drug-likeness (QED) is 0.597. The van der Waals surface area contributed by atoms with Gasteiger partial charge in [0.05, 0.1) is 0 Å². The van der Waals surface area contributed by atoms with Gasteiger partial charge in [0.15, 0.2) is 0 Å². The second kappa shape index (κ2) is 8.54. The molecule has 1 fully saturated rings. The summed E-state index contributed by atoms with van der Waals surface area (Å²) in [6.45, 7) is 2.25. The zero-order valence-corrected chi connectivity index (χ0v) is 11.3. The van der Waals surface area contributed by atoms with Crippen LogP contribution in [-0.4, -0.2) is 11.1 Å². The maximum atomic E-state index is 10.7. The number of aliphatic carboxylic acids is 1. The summed E-state index contributed by atoms with van der Waals surface area (Å²) in [6.07, 6.45) is 13.4. The zero-order chi connectivity index (χ0) is 12.5. The Hall–Kier alpha value is -0.530. The number of carboxylic acids is 1. The Kier molecular flexibility index (Phi) is 7.30. The van der Waals surface area contributed by atoms with Gasteiger partial charge < -0.3 is 5.11 Å². The third kappa shape index (κ3) is 6.09. The SMILES string of the molecule is CCCCCCCC[C@H]1CCC[C@@H]1CC(=O)O. The molecule has 0 aromatic heterocycles. The third-order valence-corrected chi connectivity index (χ3v) is 4.18. The van der Waals surface area contributed by atoms with Gasteiger partial charge in [-0.25, -0.2) is 0 Å². The fourth-order valence-corrected chi connectivity index (χ4v) is 3.17. The Morgan fingerprint density at radius 2 is 1.71 bits per heavy atom. The van der Waals surface area contributed by atoms with E-state index in [1.165, 1.54) is 57.8 Å². The van der Waals surface area contributed by atoms with Crippen LogP contribution in [0.2, 0.25) is 0 Å². The van der Waals surface area contributed by atoms with Crippen molar-refractivity contribution in [3.63, 3.8) is 0 Å². The van der Waals surface area contributed by atoms with E-state index in [9.17, 15) is 4.79 Å². The molecule has 1 aliphatic rings. The Morgan fingerprint density at radius 3 is 2.41 bits per heavy atom. The van der Waals surface area contributed by atoms with Crippen LogP contribution in [0.3, 0.4) is 0 Å². The summed E-state index contributed by atoms with van der Waals surface area (Å²) in [5, 5.41) is 8.86. The molecular formula is C15H28O2. The molecule has 0 saturated heterocycles. The molecule has 1 rings (SSSR count). The van der Waals surface area contributed by atoms with E-state index in [1.54, 1.807) is 0 Å². The molecule has 0 aliphatic heterocycles. The first-order valence-electron chi connectivity index (χ1n) is 7.45. The van der Waals surface area contributed by atoms with Crippen molar-refractivity contribution in [3.05, 3.63) is 0 Å². The molecule has 1 saturated carbocycles. The number of hydrogen-bond acceptors (Lipinski definition) is 1. The fraction of sp³-hybridized carbons (Fsp3) is 0.933. The summed E-state index contributed by atoms with van der Waals surface area (Å²) in [7, 11) is 0. The van der Waals surface area contributed by atoms with Crippen molar-refractivity contribution < 1.29 is 9.90 Å². The molecule has 0 spiro atoms. The van der Waals surface area contributed by atoms with Gasteiger partial charge in [-0.15, -0.1) is 0 Å². The minimum Gasteiger partial charge on any atom is -0.481 e. The molecule has 0 bridgehead atoms. The molecular weight excluding hydrogens is 212 g/mol. The average molecular weight is 240 g/mol. The zero-order valence-electron chi connectivity index (χ0n) is 11.3. The molecule has 0 aromatic rings. The number of unbranched alkanes of at least 4 members (excludes halogenated alkanes) is 5. The monoisotopic (exact) mass is 240 g/mol. The summed E-state index contributed by atoms with van der Waals surface area (Å²) in [5.74, 6) is 0.574. The largest absolute Gasteiger partial charge is 0.481 e. The smallest absolute Gasteiger partial charge is 0.303 e. The van der Waals surface area contributed by atoms with Gasteiger partial charge in [0, 0.05) is 6.42 Å². The number of hydrogen-bond donors (Lipinski definition) is 1. The molecule has 1 N–H and O–H groups in total. The van der Waals surface area contributed by atoms with Crippen molar-refractivity contribution in [3.8, 4) is 0 Å². The first-order valence-corrected chi connectivity index (χ1v) is 7.45. The summed E-state index contributed by atoms with van der Waals surface area (Å²) in [5.41, 5.74) is 0. The second-order valence-corrected chi connectivity index (χ2v) is 5.61. The average Bonchev–Trinajstić information content (AvgIpc) is 2.70. The van der Waals surface area contributed by atoms with E-state index in [2.05, 4.69) is 6.92 Å². The topological polar surface area (TPSA) is 37.3 Å². The van der Waals surface area contributed by atoms with E-state index in [-0.39, 0.29) is 0 Å². The van der Waals surface area contributed by atoms with Gasteiger partial charge in [-0.2, -0.15) is 0 Å². The van der Waals surface area contributed by atoms with Gasteiger partial charge in [-0.3, -0.25) is 4.79 Å². The van der Waals surface area contributed by atoms with Crippen LogP contribution in [0.1, 0.15) is 77.6 Å². The van der Waals surface area contributed by atoms with Gasteiger partial charge in [-0.1, -0.05) is 64.7 Å². The fourth-order valence-electron chi connectivity index (χ4n) is 3.17. The van der Waals surface area contributed by atoms with Crippen LogP contribution in [0.4, 0.5) is 0 Å². The van der Waals surface area contributed by atoms with E-state index < -0.39 is 5.97 Å². The van der Waals surface area contributed by atoms with E-state index >= 15 is 0 Å². The Morgan fingerprint density at radius 1 is 1.06 bits per heavy atom. The number of carbonyl (C=O) groups is 1. The first-order chi connectivity index (χ1) is 8.24. The molecule has 100 valence electrons. The van der Waals surface area contributed by atoms with Crippen molar-refractivity contribution in [2.24, 2.45) is 11.8 Å². The molecule has 0 amide bonds. The van der Waals surface area contributed by atoms with Gasteiger partial charge in [0.2, 0.25) is 0 Å². The van der Waals surface area contributed by atoms with Gasteiger partial charge in [-0.05, 0) is 18.3 Å². The predicted octanol–water partition coefficient (Wildman–Crippen LogP) is 4.63. The lowest BCUT2D eigenvalue weighted by molar-refractivity contribution is -0.138. The Bertz CT molecular complexity index is 213. The van der Waals surface area contributed by atoms with Crippen LogP contribution in [0.25, 0.3) is 0 Å². The van der Waals surface area contributed by atoms with E-state index in [0.717, 1.165) is 6.42 Å². The standard InChI is InChI=1S/C15H28O2/c1-2-3-4-5-6-7-9-13-10-8-11-14(13)12-15(16)17/h13-14H,2-12H2,1H3,(H,16,17)/t13-,14+/m0/s1. The molecule has 17 heavy (non-hydrogen) atoms. The minimum atomic E-state index is -0.607. The summed E-state index contributed by atoms with van der Waals surface area (Å²) < 4.78 is 0. The lowest BCUT2D eigenvalue weighted by Gasteiger charge is -2.17. The second-order valence-electron chi connectivity index (χ2n) is 5.61. The Labute approximate surface area is 106 Å². The molecule has 0 aromatic carbocycles. The molecule has 0 radical (unpaired) electrons. The normalized spacial score (nSPS) is 24.1. The highest BCUT2D eigenvalue weighted by molar-refractivity contribution is 5.67. The lowest BCUT2D eigenvalue weighted by atomic mass is 9.88. The van der Waals surface area contributed by atoms with Gasteiger partial charge in [0.25, 0.3) is 0 Å². The van der Waals surface area contributed by atoms with Crippen molar-refractivity contribution in [2.75, 3.05) is 0 Å². The highest BCUT2D eigenvalue weighted by Crippen LogP contribution is 2.37. The van der Waals surface area contributed by atoms with Gasteiger partial charge >= 0.3 is 5.97 Å². The maximum absolute atomic E-state index is 10.7. The molecule has 2 nitrogen and oxygen atoms in total. The number of rotatable bonds is 9.